The molecular weight excluding hydrogens is 389 g/mol. The van der Waals surface area contributed by atoms with E-state index in [-0.39, 0.29) is 0 Å². The fourth-order valence-corrected chi connectivity index (χ4v) is 3.34. The standard InChI is InChI=1S/C23H25Cl2N3/c1-28(2)15-7-8-17-13-14-22(26-20-11-5-3-9-18(20)24)23(16-17)27-21-12-6-4-10-19(21)25/h3-6,9-14,16,26-27H,7-8,15H2,1-2H3. The summed E-state index contributed by atoms with van der Waals surface area (Å²) in [5.41, 5.74) is 4.93. The topological polar surface area (TPSA) is 27.3 Å². The maximum atomic E-state index is 6.36. The van der Waals surface area contributed by atoms with Gasteiger partial charge < -0.3 is 15.5 Å². The average Bonchev–Trinajstić information content (AvgIpc) is 2.67. The maximum absolute atomic E-state index is 6.36. The van der Waals surface area contributed by atoms with Crippen LogP contribution in [-0.2, 0) is 6.42 Å². The zero-order valence-electron chi connectivity index (χ0n) is 16.2. The van der Waals surface area contributed by atoms with Crippen LogP contribution < -0.4 is 10.6 Å². The van der Waals surface area contributed by atoms with Crippen molar-refractivity contribution in [3.63, 3.8) is 0 Å². The molecule has 0 bridgehead atoms. The summed E-state index contributed by atoms with van der Waals surface area (Å²) in [4.78, 5) is 2.20. The number of para-hydroxylation sites is 2. The number of anilines is 4. The summed E-state index contributed by atoms with van der Waals surface area (Å²) in [5.74, 6) is 0. The second kappa shape index (κ2) is 9.83. The molecule has 0 aliphatic heterocycles. The SMILES string of the molecule is CN(C)CCCc1ccc(Nc2ccccc2Cl)c(Nc2ccccc2Cl)c1. The van der Waals surface area contributed by atoms with Crippen molar-refractivity contribution in [3.8, 4) is 0 Å². The molecule has 3 aromatic carbocycles. The van der Waals surface area contributed by atoms with Gasteiger partial charge in [0.2, 0.25) is 0 Å². The third-order valence-corrected chi connectivity index (χ3v) is 5.10. The van der Waals surface area contributed by atoms with Crippen LogP contribution >= 0.6 is 23.2 Å². The average molecular weight is 414 g/mol. The van der Waals surface area contributed by atoms with Crippen LogP contribution in [0, 0.1) is 0 Å². The van der Waals surface area contributed by atoms with Gasteiger partial charge >= 0.3 is 0 Å². The second-order valence-electron chi connectivity index (χ2n) is 7.00. The molecule has 0 heterocycles. The molecule has 2 N–H and O–H groups in total. The minimum atomic E-state index is 0.682. The summed E-state index contributed by atoms with van der Waals surface area (Å²) in [6.45, 7) is 1.06. The fourth-order valence-electron chi connectivity index (χ4n) is 2.97. The van der Waals surface area contributed by atoms with Crippen molar-refractivity contribution >= 4 is 46.0 Å². The number of nitrogens with zero attached hydrogens (tertiary/aromatic N) is 1. The Labute approximate surface area is 177 Å². The Morgan fingerprint density at radius 3 is 1.86 bits per heavy atom. The number of halogens is 2. The van der Waals surface area contributed by atoms with Gasteiger partial charge in [0, 0.05) is 0 Å². The first kappa shape index (κ1) is 20.5. The van der Waals surface area contributed by atoms with Gasteiger partial charge in [-0.05, 0) is 75.4 Å². The lowest BCUT2D eigenvalue weighted by molar-refractivity contribution is 0.400. The molecule has 0 amide bonds. The molecule has 5 heteroatoms. The van der Waals surface area contributed by atoms with Crippen molar-refractivity contribution in [1.82, 2.24) is 4.90 Å². The van der Waals surface area contributed by atoms with Crippen LogP contribution in [0.1, 0.15) is 12.0 Å². The Morgan fingerprint density at radius 1 is 0.714 bits per heavy atom. The molecular formula is C23H25Cl2N3. The van der Waals surface area contributed by atoms with Crippen LogP contribution in [-0.4, -0.2) is 25.5 Å². The van der Waals surface area contributed by atoms with E-state index >= 15 is 0 Å². The van der Waals surface area contributed by atoms with Gasteiger partial charge in [-0.25, -0.2) is 0 Å². The molecule has 3 rings (SSSR count). The highest BCUT2D eigenvalue weighted by Crippen LogP contribution is 2.34. The summed E-state index contributed by atoms with van der Waals surface area (Å²) >= 11 is 12.7. The molecule has 3 aromatic rings. The summed E-state index contributed by atoms with van der Waals surface area (Å²) in [6.07, 6.45) is 2.12. The van der Waals surface area contributed by atoms with E-state index < -0.39 is 0 Å². The molecule has 0 aliphatic rings. The highest BCUT2D eigenvalue weighted by molar-refractivity contribution is 6.33. The van der Waals surface area contributed by atoms with E-state index in [4.69, 9.17) is 23.2 Å². The molecule has 0 aliphatic carbocycles. The minimum absolute atomic E-state index is 0.682. The Balaban J connectivity index is 1.89. The van der Waals surface area contributed by atoms with Crippen LogP contribution in [0.3, 0.4) is 0 Å². The van der Waals surface area contributed by atoms with Crippen LogP contribution in [0.5, 0.6) is 0 Å². The normalized spacial score (nSPS) is 10.9. The second-order valence-corrected chi connectivity index (χ2v) is 7.81. The molecule has 28 heavy (non-hydrogen) atoms. The van der Waals surface area contributed by atoms with Gasteiger partial charge in [-0.3, -0.25) is 0 Å². The van der Waals surface area contributed by atoms with Crippen LogP contribution in [0.25, 0.3) is 0 Å². The van der Waals surface area contributed by atoms with Crippen LogP contribution in [0.15, 0.2) is 66.7 Å². The Bertz CT molecular complexity index is 925. The van der Waals surface area contributed by atoms with Gasteiger partial charge in [0.15, 0.2) is 0 Å². The van der Waals surface area contributed by atoms with E-state index in [0.717, 1.165) is 42.1 Å². The lowest BCUT2D eigenvalue weighted by Crippen LogP contribution is -2.13. The lowest BCUT2D eigenvalue weighted by atomic mass is 10.1. The first-order valence-electron chi connectivity index (χ1n) is 9.33. The maximum Gasteiger partial charge on any atom is 0.0640 e. The smallest absolute Gasteiger partial charge is 0.0640 e. The lowest BCUT2D eigenvalue weighted by Gasteiger charge is -2.17. The molecule has 0 atom stereocenters. The molecule has 3 nitrogen and oxygen atoms in total. The predicted molar refractivity (Wildman–Crippen MR) is 123 cm³/mol. The number of hydrogen-bond acceptors (Lipinski definition) is 3. The van der Waals surface area contributed by atoms with E-state index in [2.05, 4.69) is 47.8 Å². The van der Waals surface area contributed by atoms with Gasteiger partial charge in [-0.15, -0.1) is 0 Å². The third-order valence-electron chi connectivity index (χ3n) is 4.44. The van der Waals surface area contributed by atoms with Crippen molar-refractivity contribution in [3.05, 3.63) is 82.3 Å². The summed E-state index contributed by atoms with van der Waals surface area (Å²) in [7, 11) is 4.20. The monoisotopic (exact) mass is 413 g/mol. The number of rotatable bonds is 8. The zero-order valence-corrected chi connectivity index (χ0v) is 17.7. The van der Waals surface area contributed by atoms with E-state index in [1.165, 1.54) is 5.56 Å². The fraction of sp³-hybridized carbons (Fsp3) is 0.217. The summed E-state index contributed by atoms with van der Waals surface area (Å²) in [6, 6.07) is 21.9. The number of benzene rings is 3. The quantitative estimate of drug-likeness (QED) is 0.417. The Hall–Kier alpha value is -2.20. The molecule has 0 saturated heterocycles. The highest BCUT2D eigenvalue weighted by atomic mass is 35.5. The van der Waals surface area contributed by atoms with Crippen molar-refractivity contribution in [1.29, 1.82) is 0 Å². The van der Waals surface area contributed by atoms with E-state index in [0.29, 0.717) is 10.0 Å². The Kier molecular flexibility index (Phi) is 7.21. The van der Waals surface area contributed by atoms with E-state index in [9.17, 15) is 0 Å². The van der Waals surface area contributed by atoms with Crippen LogP contribution in [0.4, 0.5) is 22.7 Å². The van der Waals surface area contributed by atoms with Crippen LogP contribution in [0.2, 0.25) is 10.0 Å². The molecule has 0 saturated carbocycles. The van der Waals surface area contributed by atoms with Gasteiger partial charge in [0.25, 0.3) is 0 Å². The van der Waals surface area contributed by atoms with Crippen molar-refractivity contribution in [2.24, 2.45) is 0 Å². The van der Waals surface area contributed by atoms with Gasteiger partial charge in [-0.1, -0.05) is 53.5 Å². The minimum Gasteiger partial charge on any atom is -0.353 e. The van der Waals surface area contributed by atoms with Gasteiger partial charge in [0.05, 0.1) is 32.8 Å². The summed E-state index contributed by atoms with van der Waals surface area (Å²) < 4.78 is 0. The van der Waals surface area contributed by atoms with E-state index in [1.54, 1.807) is 0 Å². The molecule has 0 aromatic heterocycles. The number of hydrogen-bond donors (Lipinski definition) is 2. The zero-order chi connectivity index (χ0) is 19.9. The largest absolute Gasteiger partial charge is 0.353 e. The molecule has 0 fully saturated rings. The van der Waals surface area contributed by atoms with Gasteiger partial charge in [-0.2, -0.15) is 0 Å². The number of aryl methyl sites for hydroxylation is 1. The van der Waals surface area contributed by atoms with Gasteiger partial charge in [0.1, 0.15) is 0 Å². The first-order chi connectivity index (χ1) is 13.5. The predicted octanol–water partition coefficient (Wildman–Crippen LogP) is 6.97. The highest BCUT2D eigenvalue weighted by Gasteiger charge is 2.09. The third kappa shape index (κ3) is 5.65. The van der Waals surface area contributed by atoms with Crippen molar-refractivity contribution < 1.29 is 0 Å². The molecule has 0 radical (unpaired) electrons. The van der Waals surface area contributed by atoms with E-state index in [1.807, 2.05) is 48.5 Å². The molecule has 0 spiro atoms. The number of nitrogens with one attached hydrogen (secondary N) is 2. The first-order valence-corrected chi connectivity index (χ1v) is 10.1. The van der Waals surface area contributed by atoms with Crippen molar-refractivity contribution in [2.75, 3.05) is 31.3 Å². The Morgan fingerprint density at radius 2 is 1.29 bits per heavy atom. The van der Waals surface area contributed by atoms with Crippen molar-refractivity contribution in [2.45, 2.75) is 12.8 Å². The summed E-state index contributed by atoms with van der Waals surface area (Å²) in [5, 5.41) is 8.27. The molecule has 0 unspecified atom stereocenters. The molecule has 146 valence electrons.